The van der Waals surface area contributed by atoms with Crippen molar-refractivity contribution in [2.45, 2.75) is 12.6 Å². The summed E-state index contributed by atoms with van der Waals surface area (Å²) in [7, 11) is 1.87. The van der Waals surface area contributed by atoms with Crippen molar-refractivity contribution < 1.29 is 9.59 Å². The van der Waals surface area contributed by atoms with E-state index >= 15 is 0 Å². The molecule has 0 aliphatic carbocycles. The molecule has 0 saturated carbocycles. The lowest BCUT2D eigenvalue weighted by atomic mass is 10.0. The Labute approximate surface area is 167 Å². The SMILES string of the molecule is Cn1ccnc1[C@H](NC(=O)c1ccc(CNC(N)=O)cc1)c1ccc(Cl)cc1. The van der Waals surface area contributed by atoms with Crippen molar-refractivity contribution in [3.63, 3.8) is 0 Å². The lowest BCUT2D eigenvalue weighted by Crippen LogP contribution is -2.31. The van der Waals surface area contributed by atoms with Crippen LogP contribution in [0.1, 0.15) is 33.4 Å². The lowest BCUT2D eigenvalue weighted by molar-refractivity contribution is 0.0941. The first kappa shape index (κ1) is 19.4. The molecule has 0 fully saturated rings. The van der Waals surface area contributed by atoms with Crippen molar-refractivity contribution in [2.75, 3.05) is 0 Å². The normalized spacial score (nSPS) is 11.6. The molecular weight excluding hydrogens is 378 g/mol. The van der Waals surface area contributed by atoms with Gasteiger partial charge in [0.05, 0.1) is 0 Å². The van der Waals surface area contributed by atoms with Gasteiger partial charge < -0.3 is 20.9 Å². The summed E-state index contributed by atoms with van der Waals surface area (Å²) in [5.41, 5.74) is 7.27. The highest BCUT2D eigenvalue weighted by Crippen LogP contribution is 2.23. The lowest BCUT2D eigenvalue weighted by Gasteiger charge is -2.19. The minimum absolute atomic E-state index is 0.239. The standard InChI is InChI=1S/C20H20ClN5O2/c1-26-11-10-23-18(26)17(14-6-8-16(21)9-7-14)25-19(27)15-4-2-13(3-5-15)12-24-20(22)28/h2-11,17H,12H2,1H3,(H,25,27)(H3,22,24,28)/t17-/m1/s1. The number of carbonyl (C=O) groups excluding carboxylic acids is 2. The number of urea groups is 1. The van der Waals surface area contributed by atoms with Gasteiger partial charge in [-0.2, -0.15) is 0 Å². The van der Waals surface area contributed by atoms with E-state index in [0.717, 1.165) is 11.1 Å². The van der Waals surface area contributed by atoms with Crippen molar-refractivity contribution in [2.24, 2.45) is 12.8 Å². The van der Waals surface area contributed by atoms with Crippen LogP contribution in [0.25, 0.3) is 0 Å². The molecule has 144 valence electrons. The number of hydrogen-bond donors (Lipinski definition) is 3. The molecule has 7 nitrogen and oxygen atoms in total. The second-order valence-electron chi connectivity index (χ2n) is 6.27. The number of imidazole rings is 1. The number of hydrogen-bond acceptors (Lipinski definition) is 3. The number of carbonyl (C=O) groups is 2. The Morgan fingerprint density at radius 3 is 2.39 bits per heavy atom. The van der Waals surface area contributed by atoms with E-state index in [1.807, 2.05) is 29.9 Å². The second kappa shape index (κ2) is 8.58. The molecule has 1 heterocycles. The van der Waals surface area contributed by atoms with Gasteiger partial charge in [-0.1, -0.05) is 35.9 Å². The molecule has 0 bridgehead atoms. The summed E-state index contributed by atoms with van der Waals surface area (Å²) in [6.45, 7) is 0.303. The highest BCUT2D eigenvalue weighted by Gasteiger charge is 2.21. The first-order chi connectivity index (χ1) is 13.4. The van der Waals surface area contributed by atoms with E-state index in [-0.39, 0.29) is 5.91 Å². The molecule has 0 unspecified atom stereocenters. The van der Waals surface area contributed by atoms with Crippen LogP contribution in [0, 0.1) is 0 Å². The van der Waals surface area contributed by atoms with E-state index in [1.54, 1.807) is 42.6 Å². The number of primary amides is 1. The highest BCUT2D eigenvalue weighted by molar-refractivity contribution is 6.30. The maximum Gasteiger partial charge on any atom is 0.312 e. The van der Waals surface area contributed by atoms with Gasteiger partial charge in [-0.15, -0.1) is 0 Å². The predicted octanol–water partition coefficient (Wildman–Crippen LogP) is 2.76. The fourth-order valence-corrected chi connectivity index (χ4v) is 2.91. The zero-order chi connectivity index (χ0) is 20.1. The molecule has 0 saturated heterocycles. The van der Waals surface area contributed by atoms with E-state index < -0.39 is 12.1 Å². The molecule has 1 aromatic heterocycles. The monoisotopic (exact) mass is 397 g/mol. The van der Waals surface area contributed by atoms with Crippen molar-refractivity contribution in [3.8, 4) is 0 Å². The molecule has 3 rings (SSSR count). The van der Waals surface area contributed by atoms with Crippen LogP contribution in [0.15, 0.2) is 60.9 Å². The minimum Gasteiger partial charge on any atom is -0.352 e. The summed E-state index contributed by atoms with van der Waals surface area (Å²) in [4.78, 5) is 28.0. The third-order valence-electron chi connectivity index (χ3n) is 4.28. The van der Waals surface area contributed by atoms with Gasteiger partial charge in [-0.25, -0.2) is 9.78 Å². The number of nitrogens with two attached hydrogens (primary N) is 1. The van der Waals surface area contributed by atoms with Crippen molar-refractivity contribution >= 4 is 23.5 Å². The second-order valence-corrected chi connectivity index (χ2v) is 6.71. The van der Waals surface area contributed by atoms with Gasteiger partial charge in [0.2, 0.25) is 0 Å². The Bertz CT molecular complexity index is 967. The predicted molar refractivity (Wildman–Crippen MR) is 107 cm³/mol. The number of amides is 3. The number of aromatic nitrogens is 2. The number of nitrogens with zero attached hydrogens (tertiary/aromatic N) is 2. The Morgan fingerprint density at radius 2 is 1.82 bits per heavy atom. The van der Waals surface area contributed by atoms with Crippen LogP contribution < -0.4 is 16.4 Å². The van der Waals surface area contributed by atoms with Crippen LogP contribution in [0.4, 0.5) is 4.79 Å². The number of nitrogens with one attached hydrogen (secondary N) is 2. The average molecular weight is 398 g/mol. The highest BCUT2D eigenvalue weighted by atomic mass is 35.5. The topological polar surface area (TPSA) is 102 Å². The molecule has 3 aromatic rings. The minimum atomic E-state index is -0.595. The first-order valence-electron chi connectivity index (χ1n) is 8.60. The van der Waals surface area contributed by atoms with E-state index in [2.05, 4.69) is 15.6 Å². The van der Waals surface area contributed by atoms with Gasteiger partial charge in [0.15, 0.2) is 0 Å². The Balaban J connectivity index is 1.80. The molecule has 2 aromatic carbocycles. The Morgan fingerprint density at radius 1 is 1.14 bits per heavy atom. The Kier molecular flexibility index (Phi) is 5.96. The Hall–Kier alpha value is -3.32. The first-order valence-corrected chi connectivity index (χ1v) is 8.97. The maximum absolute atomic E-state index is 12.8. The van der Waals surface area contributed by atoms with Crippen LogP contribution in [-0.2, 0) is 13.6 Å². The quantitative estimate of drug-likeness (QED) is 0.596. The molecule has 4 N–H and O–H groups in total. The maximum atomic E-state index is 12.8. The molecule has 28 heavy (non-hydrogen) atoms. The number of halogens is 1. The van der Waals surface area contributed by atoms with E-state index in [4.69, 9.17) is 17.3 Å². The van der Waals surface area contributed by atoms with Crippen LogP contribution in [-0.4, -0.2) is 21.5 Å². The summed E-state index contributed by atoms with van der Waals surface area (Å²) in [6, 6.07) is 13.2. The summed E-state index contributed by atoms with van der Waals surface area (Å²) in [5, 5.41) is 6.16. The third-order valence-corrected chi connectivity index (χ3v) is 4.53. The van der Waals surface area contributed by atoms with Gasteiger partial charge in [0.1, 0.15) is 11.9 Å². The zero-order valence-corrected chi connectivity index (χ0v) is 16.0. The van der Waals surface area contributed by atoms with E-state index in [9.17, 15) is 9.59 Å². The summed E-state index contributed by atoms with van der Waals surface area (Å²) in [6.07, 6.45) is 3.51. The molecule has 8 heteroatoms. The number of benzene rings is 2. The average Bonchev–Trinajstić information content (AvgIpc) is 3.11. The molecule has 0 aliphatic rings. The van der Waals surface area contributed by atoms with Gasteiger partial charge in [0, 0.05) is 36.6 Å². The van der Waals surface area contributed by atoms with Crippen LogP contribution in [0.2, 0.25) is 5.02 Å². The van der Waals surface area contributed by atoms with Crippen molar-refractivity contribution in [3.05, 3.63) is 88.5 Å². The summed E-state index contributed by atoms with van der Waals surface area (Å²) in [5.74, 6) is 0.468. The van der Waals surface area contributed by atoms with Gasteiger partial charge in [-0.05, 0) is 35.4 Å². The summed E-state index contributed by atoms with van der Waals surface area (Å²) >= 11 is 5.99. The molecule has 0 radical (unpaired) electrons. The van der Waals surface area contributed by atoms with Gasteiger partial charge >= 0.3 is 6.03 Å². The molecular formula is C20H20ClN5O2. The van der Waals surface area contributed by atoms with E-state index in [1.165, 1.54) is 0 Å². The molecule has 1 atom stereocenters. The van der Waals surface area contributed by atoms with Gasteiger partial charge in [-0.3, -0.25) is 4.79 Å². The molecule has 0 spiro atoms. The van der Waals surface area contributed by atoms with Gasteiger partial charge in [0.25, 0.3) is 5.91 Å². The number of rotatable bonds is 6. The largest absolute Gasteiger partial charge is 0.352 e. The fraction of sp³-hybridized carbons (Fsp3) is 0.150. The summed E-state index contributed by atoms with van der Waals surface area (Å²) < 4.78 is 1.86. The van der Waals surface area contributed by atoms with Crippen LogP contribution in [0.5, 0.6) is 0 Å². The van der Waals surface area contributed by atoms with E-state index in [0.29, 0.717) is 23.0 Å². The molecule has 3 amide bonds. The van der Waals surface area contributed by atoms with Crippen LogP contribution in [0.3, 0.4) is 0 Å². The third kappa shape index (κ3) is 4.69. The molecule has 0 aliphatic heterocycles. The van der Waals surface area contributed by atoms with Crippen molar-refractivity contribution in [1.82, 2.24) is 20.2 Å². The smallest absolute Gasteiger partial charge is 0.312 e. The fourth-order valence-electron chi connectivity index (χ4n) is 2.79. The zero-order valence-electron chi connectivity index (χ0n) is 15.2. The van der Waals surface area contributed by atoms with Crippen molar-refractivity contribution in [1.29, 1.82) is 0 Å². The number of aryl methyl sites for hydroxylation is 1. The van der Waals surface area contributed by atoms with Crippen LogP contribution >= 0.6 is 11.6 Å².